The van der Waals surface area contributed by atoms with Crippen LogP contribution in [0.1, 0.15) is 31.8 Å². The Morgan fingerprint density at radius 3 is 2.29 bits per heavy atom. The van der Waals surface area contributed by atoms with Gasteiger partial charge in [0.1, 0.15) is 0 Å². The van der Waals surface area contributed by atoms with Gasteiger partial charge in [-0.3, -0.25) is 0 Å². The predicted octanol–water partition coefficient (Wildman–Crippen LogP) is 2.52. The largest absolute Gasteiger partial charge is 0.478 e. The molecule has 2 aromatic carbocycles. The Hall–Kier alpha value is -2.66. The number of carboxylic acid groups (broad SMARTS) is 2. The number of carbonyl (C=O) groups is 2. The zero-order valence-corrected chi connectivity index (χ0v) is 11.5. The lowest BCUT2D eigenvalue weighted by molar-refractivity contribution is 0.0695. The molecule has 5 nitrogen and oxygen atoms in total. The summed E-state index contributed by atoms with van der Waals surface area (Å²) in [6.45, 7) is 1.84. The molecule has 0 amide bonds. The van der Waals surface area contributed by atoms with Crippen molar-refractivity contribution in [2.75, 3.05) is 0 Å². The van der Waals surface area contributed by atoms with Crippen molar-refractivity contribution in [3.63, 3.8) is 0 Å². The van der Waals surface area contributed by atoms with Crippen molar-refractivity contribution in [2.24, 2.45) is 5.73 Å². The van der Waals surface area contributed by atoms with E-state index in [9.17, 15) is 19.8 Å². The summed E-state index contributed by atoms with van der Waals surface area (Å²) in [5, 5.41) is 18.8. The first kappa shape index (κ1) is 14.7. The van der Waals surface area contributed by atoms with Crippen LogP contribution in [0.2, 0.25) is 0 Å². The van der Waals surface area contributed by atoms with Gasteiger partial charge < -0.3 is 15.9 Å². The standard InChI is InChI=1S/C16H15NO4/c1-9-6-7-12(15(18)19)14(13(9)16(20)21)11-5-3-2-4-10(11)8-17/h2-7H,8,17H2,1H3,(H,18,19)(H,20,21). The highest BCUT2D eigenvalue weighted by Gasteiger charge is 2.23. The smallest absolute Gasteiger partial charge is 0.336 e. The van der Waals surface area contributed by atoms with Crippen LogP contribution >= 0.6 is 0 Å². The van der Waals surface area contributed by atoms with Gasteiger partial charge in [0.2, 0.25) is 0 Å². The molecule has 21 heavy (non-hydrogen) atoms. The molecule has 0 aliphatic rings. The van der Waals surface area contributed by atoms with Crippen LogP contribution in [-0.4, -0.2) is 22.2 Å². The van der Waals surface area contributed by atoms with Crippen molar-refractivity contribution < 1.29 is 19.8 Å². The third-order valence-electron chi connectivity index (χ3n) is 3.36. The minimum atomic E-state index is -1.17. The molecule has 0 aliphatic heterocycles. The Morgan fingerprint density at radius 1 is 1.05 bits per heavy atom. The van der Waals surface area contributed by atoms with Crippen molar-refractivity contribution in [3.05, 3.63) is 58.7 Å². The molecule has 0 radical (unpaired) electrons. The molecule has 4 N–H and O–H groups in total. The van der Waals surface area contributed by atoms with E-state index in [1.165, 1.54) is 12.1 Å². The molecule has 2 aromatic rings. The molecule has 2 rings (SSSR count). The molecule has 0 saturated carbocycles. The van der Waals surface area contributed by atoms with Crippen LogP contribution in [0.4, 0.5) is 0 Å². The van der Waals surface area contributed by atoms with Crippen LogP contribution in [0, 0.1) is 6.92 Å². The molecular formula is C16H15NO4. The van der Waals surface area contributed by atoms with E-state index in [2.05, 4.69) is 0 Å². The lowest BCUT2D eigenvalue weighted by atomic mass is 9.88. The molecular weight excluding hydrogens is 270 g/mol. The molecule has 0 atom stereocenters. The SMILES string of the molecule is Cc1ccc(C(=O)O)c(-c2ccccc2CN)c1C(=O)O. The maximum Gasteiger partial charge on any atom is 0.336 e. The Bertz CT molecular complexity index is 722. The van der Waals surface area contributed by atoms with E-state index in [1.807, 2.05) is 0 Å². The van der Waals surface area contributed by atoms with Crippen molar-refractivity contribution in [2.45, 2.75) is 13.5 Å². The summed E-state index contributed by atoms with van der Waals surface area (Å²) < 4.78 is 0. The van der Waals surface area contributed by atoms with Gasteiger partial charge in [0, 0.05) is 12.1 Å². The van der Waals surface area contributed by atoms with Crippen LogP contribution in [0.15, 0.2) is 36.4 Å². The van der Waals surface area contributed by atoms with Crippen LogP contribution in [0.3, 0.4) is 0 Å². The van der Waals surface area contributed by atoms with Crippen molar-refractivity contribution in [3.8, 4) is 11.1 Å². The Labute approximate surface area is 121 Å². The van der Waals surface area contributed by atoms with Crippen LogP contribution in [0.25, 0.3) is 11.1 Å². The summed E-state index contributed by atoms with van der Waals surface area (Å²) in [5.41, 5.74) is 7.59. The van der Waals surface area contributed by atoms with Gasteiger partial charge in [-0.15, -0.1) is 0 Å². The van der Waals surface area contributed by atoms with Gasteiger partial charge >= 0.3 is 11.9 Å². The molecule has 0 unspecified atom stereocenters. The normalized spacial score (nSPS) is 10.4. The van der Waals surface area contributed by atoms with E-state index in [-0.39, 0.29) is 23.2 Å². The fourth-order valence-electron chi connectivity index (χ4n) is 2.38. The van der Waals surface area contributed by atoms with Crippen molar-refractivity contribution in [1.82, 2.24) is 0 Å². The van der Waals surface area contributed by atoms with Gasteiger partial charge in [0.05, 0.1) is 11.1 Å². The van der Waals surface area contributed by atoms with Gasteiger partial charge in [0.15, 0.2) is 0 Å². The number of nitrogens with two attached hydrogens (primary N) is 1. The molecule has 0 bridgehead atoms. The number of hydrogen-bond acceptors (Lipinski definition) is 3. The summed E-state index contributed by atoms with van der Waals surface area (Å²) >= 11 is 0. The number of aryl methyl sites for hydroxylation is 1. The second kappa shape index (κ2) is 5.76. The Kier molecular flexibility index (Phi) is 4.05. The predicted molar refractivity (Wildman–Crippen MR) is 78.4 cm³/mol. The van der Waals surface area contributed by atoms with Crippen molar-refractivity contribution >= 4 is 11.9 Å². The molecule has 0 spiro atoms. The van der Waals surface area contributed by atoms with Crippen LogP contribution in [0.5, 0.6) is 0 Å². The number of hydrogen-bond donors (Lipinski definition) is 3. The zero-order valence-electron chi connectivity index (χ0n) is 11.5. The molecule has 0 saturated heterocycles. The average molecular weight is 285 g/mol. The van der Waals surface area contributed by atoms with Crippen molar-refractivity contribution in [1.29, 1.82) is 0 Å². The van der Waals surface area contributed by atoms with E-state index < -0.39 is 11.9 Å². The molecule has 0 aromatic heterocycles. The minimum Gasteiger partial charge on any atom is -0.478 e. The average Bonchev–Trinajstić information content (AvgIpc) is 2.46. The first-order chi connectivity index (χ1) is 9.97. The topological polar surface area (TPSA) is 101 Å². The van der Waals surface area contributed by atoms with E-state index in [0.29, 0.717) is 16.7 Å². The summed E-state index contributed by atoms with van der Waals surface area (Å²) in [6.07, 6.45) is 0. The molecule has 0 fully saturated rings. The highest BCUT2D eigenvalue weighted by Crippen LogP contribution is 2.32. The second-order valence-electron chi connectivity index (χ2n) is 4.65. The van der Waals surface area contributed by atoms with Gasteiger partial charge in [-0.2, -0.15) is 0 Å². The maximum absolute atomic E-state index is 11.6. The maximum atomic E-state index is 11.6. The van der Waals surface area contributed by atoms with Gasteiger partial charge in [0.25, 0.3) is 0 Å². The first-order valence-electron chi connectivity index (χ1n) is 6.36. The molecule has 108 valence electrons. The van der Waals surface area contributed by atoms with E-state index in [4.69, 9.17) is 5.73 Å². The quantitative estimate of drug-likeness (QED) is 0.801. The summed E-state index contributed by atoms with van der Waals surface area (Å²) in [5.74, 6) is -2.32. The summed E-state index contributed by atoms with van der Waals surface area (Å²) in [7, 11) is 0. The Balaban J connectivity index is 2.91. The van der Waals surface area contributed by atoms with Crippen LogP contribution < -0.4 is 5.73 Å². The Morgan fingerprint density at radius 2 is 1.71 bits per heavy atom. The number of benzene rings is 2. The highest BCUT2D eigenvalue weighted by atomic mass is 16.4. The van der Waals surface area contributed by atoms with Gasteiger partial charge in [-0.25, -0.2) is 9.59 Å². The third-order valence-corrected chi connectivity index (χ3v) is 3.36. The lowest BCUT2D eigenvalue weighted by Crippen LogP contribution is -2.11. The van der Waals surface area contributed by atoms with Crippen LogP contribution in [-0.2, 0) is 6.54 Å². The zero-order chi connectivity index (χ0) is 15.6. The molecule has 5 heteroatoms. The van der Waals surface area contributed by atoms with E-state index in [0.717, 1.165) is 0 Å². The lowest BCUT2D eigenvalue weighted by Gasteiger charge is -2.15. The molecule has 0 heterocycles. The minimum absolute atomic E-state index is 0.00389. The number of aromatic carboxylic acids is 2. The number of carboxylic acids is 2. The summed E-state index contributed by atoms with van der Waals surface area (Å²) in [4.78, 5) is 23.0. The molecule has 0 aliphatic carbocycles. The fourth-order valence-corrected chi connectivity index (χ4v) is 2.38. The third kappa shape index (κ3) is 2.64. The van der Waals surface area contributed by atoms with Gasteiger partial charge in [-0.05, 0) is 29.7 Å². The first-order valence-corrected chi connectivity index (χ1v) is 6.36. The summed E-state index contributed by atoms with van der Waals surface area (Å²) in [6, 6.07) is 9.88. The van der Waals surface area contributed by atoms with Gasteiger partial charge in [-0.1, -0.05) is 30.3 Å². The fraction of sp³-hybridized carbons (Fsp3) is 0.125. The van der Waals surface area contributed by atoms with E-state index in [1.54, 1.807) is 31.2 Å². The highest BCUT2D eigenvalue weighted by molar-refractivity contribution is 6.06. The second-order valence-corrected chi connectivity index (χ2v) is 4.65. The monoisotopic (exact) mass is 285 g/mol. The van der Waals surface area contributed by atoms with E-state index >= 15 is 0 Å². The number of rotatable bonds is 4.